The highest BCUT2D eigenvalue weighted by atomic mass is 32.2. The summed E-state index contributed by atoms with van der Waals surface area (Å²) in [6, 6.07) is 0. The predicted molar refractivity (Wildman–Crippen MR) is 64.4 cm³/mol. The Kier molecular flexibility index (Phi) is 4.69. The number of carboxylic acid groups (broad SMARTS) is 1. The lowest BCUT2D eigenvalue weighted by Gasteiger charge is -2.31. The van der Waals surface area contributed by atoms with Crippen molar-refractivity contribution in [3.8, 4) is 0 Å². The van der Waals surface area contributed by atoms with Gasteiger partial charge in [0.2, 0.25) is 15.9 Å². The Balaban J connectivity index is 2.53. The molecule has 1 heterocycles. The second-order valence-electron chi connectivity index (χ2n) is 4.52. The summed E-state index contributed by atoms with van der Waals surface area (Å²) >= 11 is 0. The smallest absolute Gasteiger partial charge is 0.323 e. The molecule has 104 valence electrons. The highest BCUT2D eigenvalue weighted by molar-refractivity contribution is 7.88. The SMILES string of the molecule is CN(CC(=O)O)C(=O)C1CCN(S(C)(=O)=O)CC1. The van der Waals surface area contributed by atoms with Gasteiger partial charge in [-0.2, -0.15) is 0 Å². The lowest BCUT2D eigenvalue weighted by atomic mass is 9.97. The third-order valence-corrected chi connectivity index (χ3v) is 4.32. The maximum atomic E-state index is 11.9. The maximum absolute atomic E-state index is 11.9. The quantitative estimate of drug-likeness (QED) is 0.726. The van der Waals surface area contributed by atoms with Crippen LogP contribution in [0.4, 0.5) is 0 Å². The van der Waals surface area contributed by atoms with E-state index in [2.05, 4.69) is 0 Å². The van der Waals surface area contributed by atoms with Crippen LogP contribution in [-0.2, 0) is 19.6 Å². The molecule has 1 rings (SSSR count). The first kappa shape index (κ1) is 14.9. The topological polar surface area (TPSA) is 95.0 Å². The Morgan fingerprint density at radius 3 is 2.22 bits per heavy atom. The molecule has 0 atom stereocenters. The molecule has 0 aromatic carbocycles. The minimum atomic E-state index is -3.20. The molecule has 0 unspecified atom stereocenters. The van der Waals surface area contributed by atoms with Crippen LogP contribution in [0.1, 0.15) is 12.8 Å². The zero-order valence-corrected chi connectivity index (χ0v) is 11.3. The fourth-order valence-corrected chi connectivity index (χ4v) is 2.90. The molecule has 1 amide bonds. The Labute approximate surface area is 106 Å². The van der Waals surface area contributed by atoms with Crippen LogP contribution in [0.2, 0.25) is 0 Å². The molecular weight excluding hydrogens is 260 g/mol. The van der Waals surface area contributed by atoms with Crippen LogP contribution in [0, 0.1) is 5.92 Å². The van der Waals surface area contributed by atoms with E-state index in [1.807, 2.05) is 0 Å². The third kappa shape index (κ3) is 3.95. The van der Waals surface area contributed by atoms with Crippen molar-refractivity contribution in [1.82, 2.24) is 9.21 Å². The zero-order chi connectivity index (χ0) is 13.9. The average molecular weight is 278 g/mol. The number of rotatable bonds is 4. The second kappa shape index (κ2) is 5.66. The molecule has 0 spiro atoms. The van der Waals surface area contributed by atoms with Gasteiger partial charge in [-0.3, -0.25) is 9.59 Å². The Morgan fingerprint density at radius 1 is 1.33 bits per heavy atom. The highest BCUT2D eigenvalue weighted by Gasteiger charge is 2.30. The van der Waals surface area contributed by atoms with Gasteiger partial charge in [0.25, 0.3) is 0 Å². The summed E-state index contributed by atoms with van der Waals surface area (Å²) in [6.45, 7) is 0.303. The first-order valence-electron chi connectivity index (χ1n) is 5.63. The van der Waals surface area contributed by atoms with Gasteiger partial charge in [-0.25, -0.2) is 12.7 Å². The van der Waals surface area contributed by atoms with E-state index < -0.39 is 16.0 Å². The number of aliphatic carboxylic acids is 1. The number of hydrogen-bond donors (Lipinski definition) is 1. The van der Waals surface area contributed by atoms with E-state index in [1.54, 1.807) is 0 Å². The standard InChI is InChI=1S/C10H18N2O5S/c1-11(7-9(13)14)10(15)8-3-5-12(6-4-8)18(2,16)17/h8H,3-7H2,1-2H3,(H,13,14). The van der Waals surface area contributed by atoms with Crippen molar-refractivity contribution >= 4 is 21.9 Å². The molecule has 0 bridgehead atoms. The fraction of sp³-hybridized carbons (Fsp3) is 0.800. The van der Waals surface area contributed by atoms with E-state index in [9.17, 15) is 18.0 Å². The Morgan fingerprint density at radius 2 is 1.83 bits per heavy atom. The van der Waals surface area contributed by atoms with Gasteiger partial charge in [-0.05, 0) is 12.8 Å². The average Bonchev–Trinajstić information content (AvgIpc) is 2.26. The van der Waals surface area contributed by atoms with E-state index in [0.29, 0.717) is 25.9 Å². The fourth-order valence-electron chi connectivity index (χ4n) is 2.03. The van der Waals surface area contributed by atoms with Crippen molar-refractivity contribution in [1.29, 1.82) is 0 Å². The van der Waals surface area contributed by atoms with Crippen molar-refractivity contribution in [2.45, 2.75) is 12.8 Å². The molecule has 7 nitrogen and oxygen atoms in total. The highest BCUT2D eigenvalue weighted by Crippen LogP contribution is 2.20. The number of carbonyl (C=O) groups is 2. The number of piperidine rings is 1. The van der Waals surface area contributed by atoms with Crippen LogP contribution in [0.25, 0.3) is 0 Å². The summed E-state index contributed by atoms with van der Waals surface area (Å²) < 4.78 is 23.9. The molecule has 0 aromatic heterocycles. The first-order valence-corrected chi connectivity index (χ1v) is 7.48. The number of sulfonamides is 1. The van der Waals surface area contributed by atoms with E-state index >= 15 is 0 Å². The Hall–Kier alpha value is -1.15. The molecule has 0 saturated carbocycles. The van der Waals surface area contributed by atoms with Gasteiger partial charge in [0.05, 0.1) is 6.26 Å². The molecule has 1 N–H and O–H groups in total. The number of hydrogen-bond acceptors (Lipinski definition) is 4. The van der Waals surface area contributed by atoms with Crippen LogP contribution in [0.3, 0.4) is 0 Å². The maximum Gasteiger partial charge on any atom is 0.323 e. The molecule has 0 aromatic rings. The second-order valence-corrected chi connectivity index (χ2v) is 6.51. The van der Waals surface area contributed by atoms with Gasteiger partial charge >= 0.3 is 5.97 Å². The number of amides is 1. The van der Waals surface area contributed by atoms with Crippen molar-refractivity contribution < 1.29 is 23.1 Å². The molecule has 0 radical (unpaired) electrons. The van der Waals surface area contributed by atoms with Crippen LogP contribution >= 0.6 is 0 Å². The zero-order valence-electron chi connectivity index (χ0n) is 10.5. The predicted octanol–water partition coefficient (Wildman–Crippen LogP) is -0.799. The van der Waals surface area contributed by atoms with E-state index in [1.165, 1.54) is 16.3 Å². The number of likely N-dealkylation sites (N-methyl/N-ethyl adjacent to an activating group) is 1. The molecule has 8 heteroatoms. The Bertz CT molecular complexity index is 426. The molecule has 0 aliphatic carbocycles. The van der Waals surface area contributed by atoms with E-state index in [-0.39, 0.29) is 18.4 Å². The monoisotopic (exact) mass is 278 g/mol. The molecule has 1 saturated heterocycles. The molecule has 18 heavy (non-hydrogen) atoms. The van der Waals surface area contributed by atoms with Crippen molar-refractivity contribution in [3.63, 3.8) is 0 Å². The number of nitrogens with zero attached hydrogens (tertiary/aromatic N) is 2. The van der Waals surface area contributed by atoms with Crippen molar-refractivity contribution in [2.24, 2.45) is 5.92 Å². The largest absolute Gasteiger partial charge is 0.480 e. The minimum Gasteiger partial charge on any atom is -0.480 e. The minimum absolute atomic E-state index is 0.231. The first-order chi connectivity index (χ1) is 8.21. The van der Waals surface area contributed by atoms with Gasteiger partial charge in [0.1, 0.15) is 6.54 Å². The van der Waals surface area contributed by atoms with Gasteiger partial charge in [0.15, 0.2) is 0 Å². The molecule has 1 fully saturated rings. The summed E-state index contributed by atoms with van der Waals surface area (Å²) in [6.07, 6.45) is 2.03. The van der Waals surface area contributed by atoms with E-state index in [4.69, 9.17) is 5.11 Å². The van der Waals surface area contributed by atoms with Crippen LogP contribution < -0.4 is 0 Å². The molecule has 1 aliphatic heterocycles. The normalized spacial score (nSPS) is 18.6. The van der Waals surface area contributed by atoms with Gasteiger partial charge in [0, 0.05) is 26.1 Å². The van der Waals surface area contributed by atoms with Crippen LogP contribution in [0.15, 0.2) is 0 Å². The van der Waals surface area contributed by atoms with Gasteiger partial charge in [-0.1, -0.05) is 0 Å². The summed E-state index contributed by atoms with van der Waals surface area (Å²) in [5.41, 5.74) is 0. The molecular formula is C10H18N2O5S. The van der Waals surface area contributed by atoms with Gasteiger partial charge in [-0.15, -0.1) is 0 Å². The lowest BCUT2D eigenvalue weighted by Crippen LogP contribution is -2.44. The summed E-state index contributed by atoms with van der Waals surface area (Å²) in [5, 5.41) is 8.60. The lowest BCUT2D eigenvalue weighted by molar-refractivity contribution is -0.145. The summed E-state index contributed by atoms with van der Waals surface area (Å²) in [5.74, 6) is -1.57. The molecule has 1 aliphatic rings. The van der Waals surface area contributed by atoms with Crippen molar-refractivity contribution in [2.75, 3.05) is 32.9 Å². The number of carbonyl (C=O) groups excluding carboxylic acids is 1. The third-order valence-electron chi connectivity index (χ3n) is 3.02. The van der Waals surface area contributed by atoms with Crippen molar-refractivity contribution in [3.05, 3.63) is 0 Å². The van der Waals surface area contributed by atoms with Crippen LogP contribution in [0.5, 0.6) is 0 Å². The van der Waals surface area contributed by atoms with E-state index in [0.717, 1.165) is 6.26 Å². The summed E-state index contributed by atoms with van der Waals surface area (Å²) in [4.78, 5) is 23.6. The van der Waals surface area contributed by atoms with Gasteiger partial charge < -0.3 is 10.0 Å². The number of carboxylic acids is 1. The van der Waals surface area contributed by atoms with Crippen LogP contribution in [-0.4, -0.2) is 67.5 Å². The summed E-state index contributed by atoms with van der Waals surface area (Å²) in [7, 11) is -1.76.